The molecule has 150 valence electrons. The van der Waals surface area contributed by atoms with Gasteiger partial charge in [0, 0.05) is 31.1 Å². The second-order valence-electron chi connectivity index (χ2n) is 6.49. The smallest absolute Gasteiger partial charge is 0.379 e. The molecule has 0 saturated heterocycles. The third kappa shape index (κ3) is 4.30. The molecule has 2 aromatic rings. The number of methoxy groups -OCH3 is 1. The van der Waals surface area contributed by atoms with E-state index in [0.717, 1.165) is 23.3 Å². The first-order valence-corrected chi connectivity index (χ1v) is 8.76. The van der Waals surface area contributed by atoms with Crippen molar-refractivity contribution in [2.45, 2.75) is 33.2 Å². The molecule has 0 fully saturated rings. The largest absolute Gasteiger partial charge is 0.496 e. The van der Waals surface area contributed by atoms with E-state index in [1.807, 2.05) is 26.0 Å². The van der Waals surface area contributed by atoms with Crippen LogP contribution in [-0.2, 0) is 22.1 Å². The van der Waals surface area contributed by atoms with Gasteiger partial charge in [-0.2, -0.15) is 8.78 Å². The summed E-state index contributed by atoms with van der Waals surface area (Å²) in [6.07, 6.45) is 0. The number of aryl methyl sites for hydroxylation is 1. The van der Waals surface area contributed by atoms with Crippen molar-refractivity contribution in [2.75, 3.05) is 13.7 Å². The number of nitrogens with zero attached hydrogens (tertiary/aromatic N) is 1. The van der Waals surface area contributed by atoms with Crippen molar-refractivity contribution in [3.63, 3.8) is 0 Å². The Bertz CT molecular complexity index is 896. The summed E-state index contributed by atoms with van der Waals surface area (Å²) in [4.78, 5) is 24.4. The summed E-state index contributed by atoms with van der Waals surface area (Å²) in [5.74, 6) is -6.02. The second-order valence-corrected chi connectivity index (χ2v) is 6.49. The molecule has 0 unspecified atom stereocenters. The van der Waals surface area contributed by atoms with E-state index in [0.29, 0.717) is 30.0 Å². The first-order chi connectivity index (χ1) is 13.1. The lowest BCUT2D eigenvalue weighted by molar-refractivity contribution is -0.166. The SMILES string of the molecule is CCN(Cc1cc(C)ccc1-c1cc(C(F)(F)C(=O)O)ccc1OC)C(C)=O. The number of halogens is 2. The topological polar surface area (TPSA) is 66.8 Å². The van der Waals surface area contributed by atoms with Gasteiger partial charge in [0.2, 0.25) is 5.91 Å². The standard InChI is InChI=1S/C21H23F2NO4/c1-5-24(14(3)25)12-15-10-13(2)6-8-17(15)18-11-16(7-9-19(18)28-4)21(22,23)20(26)27/h6-11H,5,12H2,1-4H3,(H,26,27). The molecule has 0 aliphatic heterocycles. The van der Waals surface area contributed by atoms with Gasteiger partial charge in [-0.15, -0.1) is 0 Å². The minimum absolute atomic E-state index is 0.104. The lowest BCUT2D eigenvalue weighted by Gasteiger charge is -2.22. The number of carboxylic acids is 1. The van der Waals surface area contributed by atoms with Crippen LogP contribution in [0.5, 0.6) is 5.75 Å². The maximum Gasteiger partial charge on any atom is 0.379 e. The van der Waals surface area contributed by atoms with Crippen LogP contribution in [0.15, 0.2) is 36.4 Å². The summed E-state index contributed by atoms with van der Waals surface area (Å²) in [5.41, 5.74) is 2.01. The zero-order valence-electron chi connectivity index (χ0n) is 16.3. The van der Waals surface area contributed by atoms with Crippen molar-refractivity contribution in [3.05, 3.63) is 53.1 Å². The van der Waals surface area contributed by atoms with Crippen molar-refractivity contribution in [2.24, 2.45) is 0 Å². The van der Waals surface area contributed by atoms with Crippen molar-refractivity contribution < 1.29 is 28.2 Å². The predicted octanol–water partition coefficient (Wildman–Crippen LogP) is 4.22. The molecule has 0 radical (unpaired) electrons. The van der Waals surface area contributed by atoms with Crippen LogP contribution >= 0.6 is 0 Å². The summed E-state index contributed by atoms with van der Waals surface area (Å²) in [6, 6.07) is 8.96. The average Bonchev–Trinajstić information content (AvgIpc) is 2.65. The van der Waals surface area contributed by atoms with Crippen LogP contribution < -0.4 is 4.74 Å². The molecule has 0 spiro atoms. The van der Waals surface area contributed by atoms with Gasteiger partial charge in [0.1, 0.15) is 5.75 Å². The lowest BCUT2D eigenvalue weighted by Crippen LogP contribution is -2.28. The van der Waals surface area contributed by atoms with Gasteiger partial charge in [-0.1, -0.05) is 23.8 Å². The van der Waals surface area contributed by atoms with Gasteiger partial charge in [-0.3, -0.25) is 4.79 Å². The number of alkyl halides is 2. The quantitative estimate of drug-likeness (QED) is 0.768. The van der Waals surface area contributed by atoms with Gasteiger partial charge in [-0.05, 0) is 43.2 Å². The number of ether oxygens (including phenoxy) is 1. The molecular weight excluding hydrogens is 368 g/mol. The third-order valence-electron chi connectivity index (χ3n) is 4.57. The number of hydrogen-bond donors (Lipinski definition) is 1. The molecule has 1 N–H and O–H groups in total. The van der Waals surface area contributed by atoms with E-state index in [-0.39, 0.29) is 5.91 Å². The fourth-order valence-corrected chi connectivity index (χ4v) is 3.00. The van der Waals surface area contributed by atoms with Gasteiger partial charge >= 0.3 is 11.9 Å². The van der Waals surface area contributed by atoms with Crippen molar-refractivity contribution in [3.8, 4) is 16.9 Å². The summed E-state index contributed by atoms with van der Waals surface area (Å²) in [5, 5.41) is 8.86. The highest BCUT2D eigenvalue weighted by Gasteiger charge is 2.41. The van der Waals surface area contributed by atoms with Crippen LogP contribution in [0.25, 0.3) is 11.1 Å². The monoisotopic (exact) mass is 391 g/mol. The van der Waals surface area contributed by atoms with Crippen LogP contribution in [0.2, 0.25) is 0 Å². The molecule has 0 aliphatic rings. The van der Waals surface area contributed by atoms with E-state index in [1.165, 1.54) is 20.1 Å². The van der Waals surface area contributed by atoms with Gasteiger partial charge in [0.05, 0.1) is 7.11 Å². The second kappa shape index (κ2) is 8.37. The number of benzene rings is 2. The first-order valence-electron chi connectivity index (χ1n) is 8.76. The van der Waals surface area contributed by atoms with Gasteiger partial charge in [0.25, 0.3) is 0 Å². The lowest BCUT2D eigenvalue weighted by atomic mass is 9.94. The van der Waals surface area contributed by atoms with E-state index in [1.54, 1.807) is 11.0 Å². The number of hydrogen-bond acceptors (Lipinski definition) is 3. The fourth-order valence-electron chi connectivity index (χ4n) is 3.00. The third-order valence-corrected chi connectivity index (χ3v) is 4.57. The Kier molecular flexibility index (Phi) is 6.38. The van der Waals surface area contributed by atoms with E-state index in [2.05, 4.69) is 0 Å². The Morgan fingerprint density at radius 1 is 1.14 bits per heavy atom. The fraction of sp³-hybridized carbons (Fsp3) is 0.333. The first kappa shape index (κ1) is 21.3. The van der Waals surface area contributed by atoms with E-state index in [9.17, 15) is 18.4 Å². The Morgan fingerprint density at radius 3 is 2.36 bits per heavy atom. The number of carboxylic acid groups (broad SMARTS) is 1. The molecule has 0 aliphatic carbocycles. The highest BCUT2D eigenvalue weighted by atomic mass is 19.3. The molecule has 2 rings (SSSR count). The Labute approximate surface area is 162 Å². The maximum atomic E-state index is 14.1. The summed E-state index contributed by atoms with van der Waals surface area (Å²) < 4.78 is 33.4. The highest BCUT2D eigenvalue weighted by molar-refractivity contribution is 5.81. The van der Waals surface area contributed by atoms with Crippen LogP contribution in [0.1, 0.15) is 30.5 Å². The average molecular weight is 391 g/mol. The zero-order chi connectivity index (χ0) is 21.1. The molecular formula is C21H23F2NO4. The minimum atomic E-state index is -4.03. The summed E-state index contributed by atoms with van der Waals surface area (Å²) >= 11 is 0. The number of amides is 1. The number of carbonyl (C=O) groups is 2. The van der Waals surface area contributed by atoms with E-state index in [4.69, 9.17) is 9.84 Å². The van der Waals surface area contributed by atoms with Crippen LogP contribution in [-0.4, -0.2) is 35.5 Å². The summed E-state index contributed by atoms with van der Waals surface area (Å²) in [7, 11) is 1.41. The molecule has 0 heterocycles. The number of carbonyl (C=O) groups excluding carboxylic acids is 1. The van der Waals surface area contributed by atoms with Crippen LogP contribution in [0, 0.1) is 6.92 Å². The molecule has 5 nitrogen and oxygen atoms in total. The van der Waals surface area contributed by atoms with Gasteiger partial charge in [0.15, 0.2) is 0 Å². The van der Waals surface area contributed by atoms with Crippen molar-refractivity contribution in [1.82, 2.24) is 4.90 Å². The van der Waals surface area contributed by atoms with Gasteiger partial charge < -0.3 is 14.7 Å². The molecule has 2 aromatic carbocycles. The zero-order valence-corrected chi connectivity index (χ0v) is 16.3. The predicted molar refractivity (Wildman–Crippen MR) is 101 cm³/mol. The number of rotatable bonds is 7. The molecule has 7 heteroatoms. The van der Waals surface area contributed by atoms with E-state index < -0.39 is 17.5 Å². The van der Waals surface area contributed by atoms with Crippen molar-refractivity contribution >= 4 is 11.9 Å². The highest BCUT2D eigenvalue weighted by Crippen LogP contribution is 2.38. The Morgan fingerprint density at radius 2 is 1.82 bits per heavy atom. The van der Waals surface area contributed by atoms with Gasteiger partial charge in [-0.25, -0.2) is 4.79 Å². The molecule has 0 aromatic heterocycles. The maximum absolute atomic E-state index is 14.1. The Hall–Kier alpha value is -2.96. The molecule has 0 bridgehead atoms. The molecule has 28 heavy (non-hydrogen) atoms. The minimum Gasteiger partial charge on any atom is -0.496 e. The summed E-state index contributed by atoms with van der Waals surface area (Å²) in [6.45, 7) is 6.01. The number of aliphatic carboxylic acids is 1. The Balaban J connectivity index is 2.66. The molecule has 0 atom stereocenters. The normalized spacial score (nSPS) is 11.2. The van der Waals surface area contributed by atoms with Crippen LogP contribution in [0.3, 0.4) is 0 Å². The van der Waals surface area contributed by atoms with Crippen LogP contribution in [0.4, 0.5) is 8.78 Å². The van der Waals surface area contributed by atoms with E-state index >= 15 is 0 Å². The molecule has 0 saturated carbocycles. The molecule has 1 amide bonds. The van der Waals surface area contributed by atoms with Crippen molar-refractivity contribution in [1.29, 1.82) is 0 Å².